The molecule has 6 heteroatoms. The minimum Gasteiger partial charge on any atom is -0.310 e. The van der Waals surface area contributed by atoms with Gasteiger partial charge in [-0.25, -0.2) is 0 Å². The van der Waals surface area contributed by atoms with E-state index in [9.17, 15) is 0 Å². The van der Waals surface area contributed by atoms with Crippen molar-refractivity contribution >= 4 is 103 Å². The molecule has 3 nitrogen and oxygen atoms in total. The summed E-state index contributed by atoms with van der Waals surface area (Å²) in [5, 5.41) is 1.13. The lowest BCUT2D eigenvalue weighted by Crippen LogP contribution is -2.76. The second kappa shape index (κ2) is 11.3. The van der Waals surface area contributed by atoms with Gasteiger partial charge >= 0.3 is 0 Å². The van der Waals surface area contributed by atoms with E-state index in [1.807, 2.05) is 24.0 Å². The van der Waals surface area contributed by atoms with Gasteiger partial charge in [-0.2, -0.15) is 0 Å². The highest BCUT2D eigenvalue weighted by molar-refractivity contribution is 8.00. The van der Waals surface area contributed by atoms with Gasteiger partial charge in [-0.15, -0.1) is 0 Å². The van der Waals surface area contributed by atoms with E-state index in [0.29, 0.717) is 0 Å². The van der Waals surface area contributed by atoms with Gasteiger partial charge in [0, 0.05) is 27.9 Å². The number of hydrogen-bond donors (Lipinski definition) is 0. The fourth-order valence-electron chi connectivity index (χ4n) is 8.79. The fourth-order valence-corrected chi connectivity index (χ4v) is 9.97. The Bertz CT molecular complexity index is 2650. The molecule has 3 aliphatic heterocycles. The zero-order valence-corrected chi connectivity index (χ0v) is 28.5. The van der Waals surface area contributed by atoms with Gasteiger partial charge in [0.05, 0.1) is 33.2 Å². The van der Waals surface area contributed by atoms with Crippen LogP contribution in [0.5, 0.6) is 0 Å². The van der Waals surface area contributed by atoms with Crippen molar-refractivity contribution in [1.29, 1.82) is 0 Å². The van der Waals surface area contributed by atoms with E-state index in [1.165, 1.54) is 65.3 Å². The summed E-state index contributed by atoms with van der Waals surface area (Å²) in [5.41, 5.74) is 16.2. The number of para-hydroxylation sites is 4. The highest BCUT2D eigenvalue weighted by Crippen LogP contribution is 2.56. The average Bonchev–Trinajstić information content (AvgIpc) is 3.20. The van der Waals surface area contributed by atoms with Crippen LogP contribution in [0.15, 0.2) is 186 Å². The van der Waals surface area contributed by atoms with E-state index in [1.54, 1.807) is 0 Å². The van der Waals surface area contributed by atoms with Crippen LogP contribution in [0.1, 0.15) is 0 Å². The van der Waals surface area contributed by atoms with Crippen LogP contribution in [0, 0.1) is 0 Å². The standard InChI is InChI=1S/C45H29B2N3S/c1-3-17-31(18-4-1)46-33-21-7-8-22-34(33)47-35-23-9-10-24-37(35)49(32-19-5-2-6-20-32)44-42(47)36(46)29-40-45(44)51-41-27-12-11-25-38(41)50(40)39-26-13-15-30-16-14-28-48-43(30)39/h1-29H. The number of pyridine rings is 1. The van der Waals surface area contributed by atoms with Crippen molar-refractivity contribution in [2.45, 2.75) is 9.79 Å². The lowest BCUT2D eigenvalue weighted by atomic mass is 9.20. The molecule has 0 fully saturated rings. The summed E-state index contributed by atoms with van der Waals surface area (Å²) >= 11 is 1.89. The van der Waals surface area contributed by atoms with Crippen molar-refractivity contribution in [3.63, 3.8) is 0 Å². The predicted molar refractivity (Wildman–Crippen MR) is 217 cm³/mol. The van der Waals surface area contributed by atoms with E-state index >= 15 is 0 Å². The van der Waals surface area contributed by atoms with Gasteiger partial charge in [0.2, 0.25) is 13.4 Å². The Morgan fingerprint density at radius 3 is 1.94 bits per heavy atom. The SMILES string of the molecule is c1ccc(B2c3ccccc3B3c4ccccc4N(c4ccccc4)c4c5c(cc2c43)N(c2cccc3cccnc23)c2ccccc2S5)cc1. The molecule has 0 N–H and O–H groups in total. The fraction of sp³-hybridized carbons (Fsp3) is 0. The van der Waals surface area contributed by atoms with E-state index < -0.39 is 0 Å². The van der Waals surface area contributed by atoms with E-state index in [-0.39, 0.29) is 13.4 Å². The summed E-state index contributed by atoms with van der Waals surface area (Å²) in [5.74, 6) is 0. The van der Waals surface area contributed by atoms with Crippen LogP contribution in [-0.2, 0) is 0 Å². The summed E-state index contributed by atoms with van der Waals surface area (Å²) in [6.07, 6.45) is 1.91. The Balaban J connectivity index is 1.32. The molecule has 0 spiro atoms. The molecule has 0 aliphatic carbocycles. The minimum atomic E-state index is 0.0650. The highest BCUT2D eigenvalue weighted by atomic mass is 32.2. The number of rotatable bonds is 3. The Labute approximate surface area is 302 Å². The summed E-state index contributed by atoms with van der Waals surface area (Å²) in [7, 11) is 0. The van der Waals surface area contributed by atoms with Gasteiger partial charge in [0.1, 0.15) is 0 Å². The van der Waals surface area contributed by atoms with Crippen LogP contribution in [0.4, 0.5) is 34.1 Å². The van der Waals surface area contributed by atoms with Crippen LogP contribution < -0.4 is 42.6 Å². The molecule has 4 heterocycles. The van der Waals surface area contributed by atoms with Crippen molar-refractivity contribution < 1.29 is 0 Å². The topological polar surface area (TPSA) is 19.4 Å². The first-order valence-corrected chi connectivity index (χ1v) is 18.4. The van der Waals surface area contributed by atoms with Gasteiger partial charge in [0.25, 0.3) is 0 Å². The number of aromatic nitrogens is 1. The largest absolute Gasteiger partial charge is 0.310 e. The summed E-state index contributed by atoms with van der Waals surface area (Å²) < 4.78 is 0. The molecule has 0 amide bonds. The van der Waals surface area contributed by atoms with Crippen LogP contribution in [0.2, 0.25) is 0 Å². The zero-order valence-electron chi connectivity index (χ0n) is 27.6. The van der Waals surface area contributed by atoms with E-state index in [2.05, 4.69) is 174 Å². The van der Waals surface area contributed by atoms with Gasteiger partial charge in [-0.05, 0) is 59.5 Å². The molecule has 0 bridgehead atoms. The molecule has 3 aliphatic rings. The molecular weight excluding hydrogens is 636 g/mol. The van der Waals surface area contributed by atoms with Gasteiger partial charge in [-0.3, -0.25) is 4.98 Å². The van der Waals surface area contributed by atoms with Gasteiger partial charge < -0.3 is 9.80 Å². The quantitative estimate of drug-likeness (QED) is 0.185. The minimum absolute atomic E-state index is 0.0650. The Morgan fingerprint density at radius 2 is 1.12 bits per heavy atom. The number of benzene rings is 7. The predicted octanol–water partition coefficient (Wildman–Crippen LogP) is 7.30. The van der Waals surface area contributed by atoms with Crippen molar-refractivity contribution in [1.82, 2.24) is 4.98 Å². The first-order chi connectivity index (χ1) is 25.3. The first-order valence-electron chi connectivity index (χ1n) is 17.5. The molecule has 0 unspecified atom stereocenters. The maximum absolute atomic E-state index is 4.98. The third-order valence-electron chi connectivity index (χ3n) is 10.8. The molecule has 11 rings (SSSR count). The summed E-state index contributed by atoms with van der Waals surface area (Å²) in [4.78, 5) is 12.5. The summed E-state index contributed by atoms with van der Waals surface area (Å²) in [6.45, 7) is 0.160. The maximum Gasteiger partial charge on any atom is 0.245 e. The van der Waals surface area contributed by atoms with Crippen molar-refractivity contribution in [2.24, 2.45) is 0 Å². The third kappa shape index (κ3) is 4.20. The van der Waals surface area contributed by atoms with Crippen LogP contribution >= 0.6 is 11.8 Å². The van der Waals surface area contributed by atoms with Crippen LogP contribution in [0.3, 0.4) is 0 Å². The molecule has 236 valence electrons. The molecule has 0 radical (unpaired) electrons. The Kier molecular flexibility index (Phi) is 6.37. The molecule has 0 atom stereocenters. The number of anilines is 6. The monoisotopic (exact) mass is 665 g/mol. The third-order valence-corrected chi connectivity index (χ3v) is 12.0. The van der Waals surface area contributed by atoms with Gasteiger partial charge in [-0.1, -0.05) is 155 Å². The smallest absolute Gasteiger partial charge is 0.245 e. The number of hydrogen-bond acceptors (Lipinski definition) is 4. The second-order valence-corrected chi connectivity index (χ2v) is 14.5. The molecule has 1 aromatic heterocycles. The molecule has 0 saturated heterocycles. The molecule has 7 aromatic carbocycles. The first kappa shape index (κ1) is 28.8. The van der Waals surface area contributed by atoms with E-state index in [4.69, 9.17) is 4.98 Å². The van der Waals surface area contributed by atoms with Crippen LogP contribution in [-0.4, -0.2) is 18.4 Å². The summed E-state index contributed by atoms with van der Waals surface area (Å²) in [6, 6.07) is 62.3. The number of fused-ring (bicyclic) bond motifs is 8. The lowest BCUT2D eigenvalue weighted by molar-refractivity contribution is 1.15. The van der Waals surface area contributed by atoms with Crippen molar-refractivity contribution in [3.8, 4) is 0 Å². The molecular formula is C45H29B2N3S. The van der Waals surface area contributed by atoms with E-state index in [0.717, 1.165) is 22.3 Å². The normalized spacial score (nSPS) is 13.6. The van der Waals surface area contributed by atoms with Gasteiger partial charge in [0.15, 0.2) is 0 Å². The highest BCUT2D eigenvalue weighted by Gasteiger charge is 2.47. The molecule has 51 heavy (non-hydrogen) atoms. The Morgan fingerprint density at radius 1 is 0.471 bits per heavy atom. The second-order valence-electron chi connectivity index (χ2n) is 13.5. The average molecular weight is 665 g/mol. The van der Waals surface area contributed by atoms with Crippen molar-refractivity contribution in [2.75, 3.05) is 9.80 Å². The lowest BCUT2D eigenvalue weighted by Gasteiger charge is -2.45. The van der Waals surface area contributed by atoms with Crippen LogP contribution in [0.25, 0.3) is 10.9 Å². The molecule has 0 saturated carbocycles. The number of nitrogens with zero attached hydrogens (tertiary/aromatic N) is 3. The maximum atomic E-state index is 4.98. The molecule has 8 aromatic rings. The van der Waals surface area contributed by atoms with Crippen molar-refractivity contribution in [3.05, 3.63) is 176 Å². The zero-order chi connectivity index (χ0) is 33.5. The Hall–Kier alpha value is -5.97.